The van der Waals surface area contributed by atoms with Crippen molar-refractivity contribution in [2.75, 3.05) is 12.1 Å². The van der Waals surface area contributed by atoms with Crippen molar-refractivity contribution in [3.8, 4) is 0 Å². The molecule has 0 atom stereocenters. The first-order valence-electron chi connectivity index (χ1n) is 3.78. The molecule has 62 valence electrons. The molecule has 0 bridgehead atoms. The summed E-state index contributed by atoms with van der Waals surface area (Å²) in [5.41, 5.74) is 3.97. The maximum atomic E-state index is 4.30. The number of amidine groups is 1. The molecular weight excluding hydrogens is 152 g/mol. The second-order valence-corrected chi connectivity index (χ2v) is 2.71. The number of anilines is 1. The first-order chi connectivity index (χ1) is 5.77. The van der Waals surface area contributed by atoms with Crippen LogP contribution < -0.4 is 10.4 Å². The highest BCUT2D eigenvalue weighted by Gasteiger charge is 2.12. The highest BCUT2D eigenvalue weighted by atomic mass is 15.5. The third-order valence-electron chi connectivity index (χ3n) is 1.70. The Hall–Kier alpha value is -1.58. The SMILES string of the molecule is CC1=Nc2cccnc2N(C)N1. The average Bonchev–Trinajstić information content (AvgIpc) is 2.04. The van der Waals surface area contributed by atoms with E-state index < -0.39 is 0 Å². The van der Waals surface area contributed by atoms with E-state index in [1.807, 2.05) is 31.1 Å². The lowest BCUT2D eigenvalue weighted by molar-refractivity contribution is 0.837. The zero-order valence-electron chi connectivity index (χ0n) is 7.07. The molecule has 4 nitrogen and oxygen atoms in total. The van der Waals surface area contributed by atoms with Crippen LogP contribution in [0.5, 0.6) is 0 Å². The molecular formula is C8H10N4. The number of hydrogen-bond donors (Lipinski definition) is 1. The highest BCUT2D eigenvalue weighted by molar-refractivity contribution is 5.88. The van der Waals surface area contributed by atoms with Crippen LogP contribution in [0.25, 0.3) is 0 Å². The monoisotopic (exact) mass is 162 g/mol. The van der Waals surface area contributed by atoms with Crippen LogP contribution in [0, 0.1) is 0 Å². The van der Waals surface area contributed by atoms with Crippen molar-refractivity contribution >= 4 is 17.3 Å². The third kappa shape index (κ3) is 1.01. The van der Waals surface area contributed by atoms with Crippen LogP contribution in [-0.2, 0) is 0 Å². The molecule has 0 saturated heterocycles. The van der Waals surface area contributed by atoms with Crippen molar-refractivity contribution in [1.29, 1.82) is 0 Å². The molecule has 1 aliphatic heterocycles. The molecule has 1 aromatic heterocycles. The number of nitrogens with zero attached hydrogens (tertiary/aromatic N) is 3. The lowest BCUT2D eigenvalue weighted by Crippen LogP contribution is -2.40. The Morgan fingerprint density at radius 1 is 1.50 bits per heavy atom. The molecule has 4 heteroatoms. The summed E-state index contributed by atoms with van der Waals surface area (Å²) in [7, 11) is 1.92. The smallest absolute Gasteiger partial charge is 0.173 e. The summed E-state index contributed by atoms with van der Waals surface area (Å²) in [6.45, 7) is 1.92. The number of rotatable bonds is 0. The second kappa shape index (κ2) is 2.48. The maximum Gasteiger partial charge on any atom is 0.173 e. The average molecular weight is 162 g/mol. The van der Waals surface area contributed by atoms with Crippen molar-refractivity contribution in [2.45, 2.75) is 6.92 Å². The van der Waals surface area contributed by atoms with E-state index in [9.17, 15) is 0 Å². The summed E-state index contributed by atoms with van der Waals surface area (Å²) in [5.74, 6) is 1.75. The van der Waals surface area contributed by atoms with Gasteiger partial charge in [-0.05, 0) is 19.1 Å². The number of pyridine rings is 1. The van der Waals surface area contributed by atoms with Gasteiger partial charge >= 0.3 is 0 Å². The lowest BCUT2D eigenvalue weighted by atomic mass is 10.3. The third-order valence-corrected chi connectivity index (χ3v) is 1.70. The summed E-state index contributed by atoms with van der Waals surface area (Å²) in [5, 5.41) is 1.86. The Kier molecular flexibility index (Phi) is 1.46. The van der Waals surface area contributed by atoms with E-state index in [2.05, 4.69) is 15.4 Å². The van der Waals surface area contributed by atoms with Gasteiger partial charge in [-0.3, -0.25) is 10.4 Å². The molecule has 0 radical (unpaired) electrons. The van der Waals surface area contributed by atoms with Crippen molar-refractivity contribution < 1.29 is 0 Å². The van der Waals surface area contributed by atoms with Crippen LogP contribution in [0.3, 0.4) is 0 Å². The van der Waals surface area contributed by atoms with Gasteiger partial charge in [0.2, 0.25) is 0 Å². The van der Waals surface area contributed by atoms with Crippen LogP contribution in [0.4, 0.5) is 11.5 Å². The van der Waals surface area contributed by atoms with E-state index in [-0.39, 0.29) is 0 Å². The van der Waals surface area contributed by atoms with Gasteiger partial charge in [0.15, 0.2) is 5.82 Å². The summed E-state index contributed by atoms with van der Waals surface area (Å²) in [6.07, 6.45) is 1.76. The molecule has 1 aromatic rings. The second-order valence-electron chi connectivity index (χ2n) is 2.71. The minimum absolute atomic E-state index is 0.864. The predicted molar refractivity (Wildman–Crippen MR) is 48.5 cm³/mol. The molecule has 2 rings (SSSR count). The largest absolute Gasteiger partial charge is 0.284 e. The number of fused-ring (bicyclic) bond motifs is 1. The van der Waals surface area contributed by atoms with E-state index in [4.69, 9.17) is 0 Å². The Morgan fingerprint density at radius 3 is 3.17 bits per heavy atom. The van der Waals surface area contributed by atoms with E-state index in [0.29, 0.717) is 0 Å². The van der Waals surface area contributed by atoms with Crippen molar-refractivity contribution in [3.63, 3.8) is 0 Å². The van der Waals surface area contributed by atoms with Gasteiger partial charge in [-0.2, -0.15) is 0 Å². The van der Waals surface area contributed by atoms with Crippen LogP contribution in [-0.4, -0.2) is 17.9 Å². The summed E-state index contributed by atoms with van der Waals surface area (Å²) < 4.78 is 0. The van der Waals surface area contributed by atoms with E-state index in [0.717, 1.165) is 17.3 Å². The zero-order chi connectivity index (χ0) is 8.55. The molecule has 0 amide bonds. The number of aromatic nitrogens is 1. The first-order valence-corrected chi connectivity index (χ1v) is 3.78. The maximum absolute atomic E-state index is 4.30. The van der Waals surface area contributed by atoms with Crippen molar-refractivity contribution in [2.24, 2.45) is 4.99 Å². The molecule has 0 unspecified atom stereocenters. The van der Waals surface area contributed by atoms with Crippen molar-refractivity contribution in [3.05, 3.63) is 18.3 Å². The lowest BCUT2D eigenvalue weighted by Gasteiger charge is -2.25. The van der Waals surface area contributed by atoms with Crippen molar-refractivity contribution in [1.82, 2.24) is 10.4 Å². The van der Waals surface area contributed by atoms with Gasteiger partial charge in [-0.15, -0.1) is 0 Å². The molecule has 2 heterocycles. The number of nitrogens with one attached hydrogen (secondary N) is 1. The fraction of sp³-hybridized carbons (Fsp3) is 0.250. The predicted octanol–water partition coefficient (Wildman–Crippen LogP) is 1.09. The molecule has 12 heavy (non-hydrogen) atoms. The quantitative estimate of drug-likeness (QED) is 0.620. The van der Waals surface area contributed by atoms with Gasteiger partial charge in [0.05, 0.1) is 0 Å². The highest BCUT2D eigenvalue weighted by Crippen LogP contribution is 2.25. The Labute approximate surface area is 70.9 Å². The molecule has 0 saturated carbocycles. The Bertz CT molecular complexity index is 332. The first kappa shape index (κ1) is 7.09. The zero-order valence-corrected chi connectivity index (χ0v) is 7.07. The van der Waals surface area contributed by atoms with Gasteiger partial charge in [0.1, 0.15) is 11.5 Å². The minimum Gasteiger partial charge on any atom is -0.284 e. The minimum atomic E-state index is 0.864. The number of hydrogen-bond acceptors (Lipinski definition) is 4. The fourth-order valence-electron chi connectivity index (χ4n) is 1.24. The Balaban J connectivity index is 2.55. The van der Waals surface area contributed by atoms with E-state index >= 15 is 0 Å². The number of aliphatic imine (C=N–C) groups is 1. The van der Waals surface area contributed by atoms with Crippen LogP contribution >= 0.6 is 0 Å². The Morgan fingerprint density at radius 2 is 2.33 bits per heavy atom. The van der Waals surface area contributed by atoms with Crippen LogP contribution in [0.1, 0.15) is 6.92 Å². The van der Waals surface area contributed by atoms with Gasteiger partial charge in [-0.25, -0.2) is 9.98 Å². The van der Waals surface area contributed by atoms with Gasteiger partial charge in [0.25, 0.3) is 0 Å². The summed E-state index contributed by atoms with van der Waals surface area (Å²) >= 11 is 0. The summed E-state index contributed by atoms with van der Waals surface area (Å²) in [4.78, 5) is 8.49. The molecule has 0 spiro atoms. The topological polar surface area (TPSA) is 40.5 Å². The number of hydrazine groups is 1. The molecule has 1 N–H and O–H groups in total. The van der Waals surface area contributed by atoms with Gasteiger partial charge in [-0.1, -0.05) is 0 Å². The van der Waals surface area contributed by atoms with Gasteiger partial charge in [0, 0.05) is 13.2 Å². The molecule has 1 aliphatic rings. The van der Waals surface area contributed by atoms with E-state index in [1.54, 1.807) is 6.20 Å². The van der Waals surface area contributed by atoms with Crippen LogP contribution in [0.2, 0.25) is 0 Å². The van der Waals surface area contributed by atoms with Gasteiger partial charge < -0.3 is 0 Å². The summed E-state index contributed by atoms with van der Waals surface area (Å²) in [6, 6.07) is 3.83. The van der Waals surface area contributed by atoms with Crippen LogP contribution in [0.15, 0.2) is 23.3 Å². The normalized spacial score (nSPS) is 14.8. The fourth-order valence-corrected chi connectivity index (χ4v) is 1.24. The molecule has 0 fully saturated rings. The molecule has 0 aromatic carbocycles. The van der Waals surface area contributed by atoms with E-state index in [1.165, 1.54) is 0 Å². The standard InChI is InChI=1S/C8H10N4/c1-6-10-7-4-3-5-9-8(7)12(2)11-6/h3-5H,1-2H3,(H,10,11). The molecule has 0 aliphatic carbocycles.